The molecule has 0 aliphatic heterocycles. The van der Waals surface area contributed by atoms with Gasteiger partial charge in [-0.2, -0.15) is 0 Å². The van der Waals surface area contributed by atoms with Crippen LogP contribution in [0.25, 0.3) is 10.9 Å². The van der Waals surface area contributed by atoms with Crippen molar-refractivity contribution in [2.45, 2.75) is 13.0 Å². The maximum atomic E-state index is 9.06. The summed E-state index contributed by atoms with van der Waals surface area (Å²) in [5, 5.41) is 10.2. The molecule has 0 saturated carbocycles. The number of hydrogen-bond donors (Lipinski definition) is 2. The normalized spacial score (nSPS) is 13.0. The molecule has 0 spiro atoms. The number of aliphatic hydroxyl groups excluding tert-OH is 1. The first-order chi connectivity index (χ1) is 6.75. The summed E-state index contributed by atoms with van der Waals surface area (Å²) in [6.07, 6.45) is 1.46. The molecule has 0 aliphatic rings. The molecule has 0 saturated heterocycles. The molecule has 74 valence electrons. The lowest BCUT2D eigenvalue weighted by molar-refractivity contribution is 0.123. The number of H-pyrrole nitrogens is 1. The van der Waals surface area contributed by atoms with Crippen molar-refractivity contribution in [1.82, 2.24) is 4.98 Å². The van der Waals surface area contributed by atoms with Crippen LogP contribution in [-0.4, -0.2) is 22.8 Å². The fraction of sp³-hybridized carbons (Fsp3) is 0.273. The largest absolute Gasteiger partial charge is 0.491 e. The van der Waals surface area contributed by atoms with Crippen molar-refractivity contribution in [1.29, 1.82) is 0 Å². The average molecular weight is 191 g/mol. The van der Waals surface area contributed by atoms with E-state index in [2.05, 4.69) is 4.98 Å². The molecule has 0 fully saturated rings. The summed E-state index contributed by atoms with van der Waals surface area (Å²) in [4.78, 5) is 3.11. The second-order valence-electron chi connectivity index (χ2n) is 3.39. The van der Waals surface area contributed by atoms with E-state index in [0.717, 1.165) is 16.7 Å². The molecule has 1 unspecified atom stereocenters. The van der Waals surface area contributed by atoms with Crippen molar-refractivity contribution in [2.75, 3.05) is 6.61 Å². The highest BCUT2D eigenvalue weighted by Crippen LogP contribution is 2.19. The van der Waals surface area contributed by atoms with Crippen LogP contribution in [-0.2, 0) is 0 Å². The summed E-state index contributed by atoms with van der Waals surface area (Å²) in [7, 11) is 0. The van der Waals surface area contributed by atoms with Gasteiger partial charge in [0.2, 0.25) is 0 Å². The number of rotatable bonds is 3. The molecule has 0 radical (unpaired) electrons. The Kier molecular flexibility index (Phi) is 2.41. The lowest BCUT2D eigenvalue weighted by Gasteiger charge is -2.07. The van der Waals surface area contributed by atoms with Crippen LogP contribution in [0.1, 0.15) is 6.92 Å². The first-order valence-electron chi connectivity index (χ1n) is 4.64. The van der Waals surface area contributed by atoms with Crippen LogP contribution in [0.2, 0.25) is 0 Å². The molecule has 0 aliphatic carbocycles. The van der Waals surface area contributed by atoms with Crippen LogP contribution in [0.5, 0.6) is 5.75 Å². The molecule has 1 aromatic carbocycles. The number of nitrogens with one attached hydrogen (secondary N) is 1. The van der Waals surface area contributed by atoms with Crippen molar-refractivity contribution >= 4 is 10.9 Å². The van der Waals surface area contributed by atoms with Gasteiger partial charge in [0, 0.05) is 17.1 Å². The van der Waals surface area contributed by atoms with Crippen molar-refractivity contribution in [3.05, 3.63) is 30.5 Å². The SMILES string of the molecule is CC(O)COc1ccc2[nH]ccc2c1. The quantitative estimate of drug-likeness (QED) is 0.778. The first-order valence-corrected chi connectivity index (χ1v) is 4.64. The van der Waals surface area contributed by atoms with Gasteiger partial charge in [0.1, 0.15) is 12.4 Å². The summed E-state index contributed by atoms with van der Waals surface area (Å²) in [5.74, 6) is 0.790. The highest BCUT2D eigenvalue weighted by molar-refractivity contribution is 5.80. The van der Waals surface area contributed by atoms with Gasteiger partial charge in [-0.15, -0.1) is 0 Å². The van der Waals surface area contributed by atoms with Crippen LogP contribution in [0, 0.1) is 0 Å². The second-order valence-corrected chi connectivity index (χ2v) is 3.39. The van der Waals surface area contributed by atoms with Gasteiger partial charge < -0.3 is 14.8 Å². The molecule has 1 atom stereocenters. The number of benzene rings is 1. The Morgan fingerprint density at radius 1 is 1.43 bits per heavy atom. The van der Waals surface area contributed by atoms with Crippen molar-refractivity contribution in [2.24, 2.45) is 0 Å². The predicted octanol–water partition coefficient (Wildman–Crippen LogP) is 1.93. The molecular formula is C11H13NO2. The monoisotopic (exact) mass is 191 g/mol. The lowest BCUT2D eigenvalue weighted by Crippen LogP contribution is -2.12. The predicted molar refractivity (Wildman–Crippen MR) is 55.5 cm³/mol. The maximum Gasteiger partial charge on any atom is 0.120 e. The Morgan fingerprint density at radius 2 is 2.29 bits per heavy atom. The molecule has 14 heavy (non-hydrogen) atoms. The Labute approximate surface area is 82.3 Å². The molecule has 2 rings (SSSR count). The van der Waals surface area contributed by atoms with Crippen LogP contribution >= 0.6 is 0 Å². The van der Waals surface area contributed by atoms with Crippen LogP contribution in [0.3, 0.4) is 0 Å². The van der Waals surface area contributed by atoms with Gasteiger partial charge >= 0.3 is 0 Å². The molecule has 2 N–H and O–H groups in total. The van der Waals surface area contributed by atoms with Crippen LogP contribution in [0.4, 0.5) is 0 Å². The third-order valence-corrected chi connectivity index (χ3v) is 2.02. The van der Waals surface area contributed by atoms with E-state index >= 15 is 0 Å². The average Bonchev–Trinajstić information content (AvgIpc) is 2.61. The molecule has 0 bridgehead atoms. The van der Waals surface area contributed by atoms with Gasteiger partial charge in [-0.05, 0) is 31.2 Å². The van der Waals surface area contributed by atoms with E-state index in [0.29, 0.717) is 6.61 Å². The number of ether oxygens (including phenoxy) is 1. The van der Waals surface area contributed by atoms with Crippen LogP contribution in [0.15, 0.2) is 30.5 Å². The Morgan fingerprint density at radius 3 is 3.07 bits per heavy atom. The number of fused-ring (bicyclic) bond motifs is 1. The standard InChI is InChI=1S/C11H13NO2/c1-8(13)7-14-10-2-3-11-9(6-10)4-5-12-11/h2-6,8,12-13H,7H2,1H3. The van der Waals surface area contributed by atoms with E-state index in [1.165, 1.54) is 0 Å². The highest BCUT2D eigenvalue weighted by Gasteiger charge is 2.00. The molecule has 2 aromatic rings. The number of hydrogen-bond acceptors (Lipinski definition) is 2. The zero-order valence-electron chi connectivity index (χ0n) is 8.03. The van der Waals surface area contributed by atoms with E-state index in [9.17, 15) is 0 Å². The molecule has 0 amide bonds. The summed E-state index contributed by atoms with van der Waals surface area (Å²) in [6.45, 7) is 2.03. The maximum absolute atomic E-state index is 9.06. The van der Waals surface area contributed by atoms with Gasteiger partial charge in [0.25, 0.3) is 0 Å². The molecule has 1 aromatic heterocycles. The van der Waals surface area contributed by atoms with Crippen molar-refractivity contribution < 1.29 is 9.84 Å². The van der Waals surface area contributed by atoms with E-state index in [-0.39, 0.29) is 0 Å². The van der Waals surface area contributed by atoms with Gasteiger partial charge in [-0.1, -0.05) is 0 Å². The minimum Gasteiger partial charge on any atom is -0.491 e. The first kappa shape index (κ1) is 9.09. The molecule has 3 heteroatoms. The van der Waals surface area contributed by atoms with Gasteiger partial charge in [0.05, 0.1) is 6.10 Å². The Bertz CT molecular complexity index is 420. The number of aromatic nitrogens is 1. The van der Waals surface area contributed by atoms with E-state index in [1.807, 2.05) is 30.5 Å². The van der Waals surface area contributed by atoms with E-state index in [1.54, 1.807) is 6.92 Å². The summed E-state index contributed by atoms with van der Waals surface area (Å²) < 4.78 is 5.38. The zero-order valence-corrected chi connectivity index (χ0v) is 8.03. The summed E-state index contributed by atoms with van der Waals surface area (Å²) in [6, 6.07) is 7.80. The number of aromatic amines is 1. The fourth-order valence-electron chi connectivity index (χ4n) is 1.34. The minimum absolute atomic E-state index is 0.329. The second kappa shape index (κ2) is 3.72. The van der Waals surface area contributed by atoms with E-state index in [4.69, 9.17) is 9.84 Å². The summed E-state index contributed by atoms with van der Waals surface area (Å²) in [5.41, 5.74) is 1.09. The molecular weight excluding hydrogens is 178 g/mol. The fourth-order valence-corrected chi connectivity index (χ4v) is 1.34. The topological polar surface area (TPSA) is 45.2 Å². The van der Waals surface area contributed by atoms with Gasteiger partial charge in [0.15, 0.2) is 0 Å². The number of aliphatic hydroxyl groups is 1. The third-order valence-electron chi connectivity index (χ3n) is 2.02. The van der Waals surface area contributed by atoms with Crippen molar-refractivity contribution in [3.63, 3.8) is 0 Å². The smallest absolute Gasteiger partial charge is 0.120 e. The molecule has 1 heterocycles. The summed E-state index contributed by atoms with van der Waals surface area (Å²) >= 11 is 0. The Hall–Kier alpha value is -1.48. The highest BCUT2D eigenvalue weighted by atomic mass is 16.5. The van der Waals surface area contributed by atoms with Crippen LogP contribution < -0.4 is 4.74 Å². The zero-order chi connectivity index (χ0) is 9.97. The van der Waals surface area contributed by atoms with E-state index < -0.39 is 6.10 Å². The Balaban J connectivity index is 2.17. The third kappa shape index (κ3) is 1.88. The molecule has 3 nitrogen and oxygen atoms in total. The minimum atomic E-state index is -0.433. The van der Waals surface area contributed by atoms with Gasteiger partial charge in [-0.25, -0.2) is 0 Å². The van der Waals surface area contributed by atoms with Crippen molar-refractivity contribution in [3.8, 4) is 5.75 Å². The van der Waals surface area contributed by atoms with Gasteiger partial charge in [-0.3, -0.25) is 0 Å². The lowest BCUT2D eigenvalue weighted by atomic mass is 10.2.